The zero-order chi connectivity index (χ0) is 24.4. The van der Waals surface area contributed by atoms with Gasteiger partial charge in [-0.1, -0.05) is 45.2 Å². The van der Waals surface area contributed by atoms with Crippen LogP contribution in [0.4, 0.5) is 15.8 Å². The number of nitrogens with zero attached hydrogens (tertiary/aromatic N) is 1. The van der Waals surface area contributed by atoms with Crippen molar-refractivity contribution in [3.05, 3.63) is 92.8 Å². The molecule has 0 spiro atoms. The van der Waals surface area contributed by atoms with Gasteiger partial charge in [0, 0.05) is 21.2 Å². The van der Waals surface area contributed by atoms with Gasteiger partial charge >= 0.3 is 11.8 Å². The summed E-state index contributed by atoms with van der Waals surface area (Å²) in [6, 6.07) is 16.4. The van der Waals surface area contributed by atoms with E-state index in [1.165, 1.54) is 35.0 Å². The number of amides is 3. The molecule has 3 amide bonds. The third kappa shape index (κ3) is 5.22. The first-order chi connectivity index (χ1) is 16.2. The summed E-state index contributed by atoms with van der Waals surface area (Å²) in [7, 11) is 0. The number of halogens is 4. The van der Waals surface area contributed by atoms with E-state index in [1.54, 1.807) is 30.3 Å². The fourth-order valence-corrected chi connectivity index (χ4v) is 3.83. The second-order valence-corrected chi connectivity index (χ2v) is 8.79. The van der Waals surface area contributed by atoms with Crippen molar-refractivity contribution in [3.63, 3.8) is 0 Å². The number of hydrogen-bond acceptors (Lipinski definition) is 3. The molecule has 0 saturated heterocycles. The maximum Gasteiger partial charge on any atom is 0.328 e. The molecule has 0 aliphatic heterocycles. The Kier molecular flexibility index (Phi) is 6.87. The van der Waals surface area contributed by atoms with Gasteiger partial charge in [0.1, 0.15) is 11.5 Å². The molecule has 0 bridgehead atoms. The zero-order valence-corrected chi connectivity index (χ0v) is 20.1. The van der Waals surface area contributed by atoms with Gasteiger partial charge in [0.2, 0.25) is 0 Å². The van der Waals surface area contributed by atoms with Crippen molar-refractivity contribution < 1.29 is 18.8 Å². The molecule has 3 aromatic carbocycles. The molecule has 0 fully saturated rings. The molecule has 3 N–H and O–H groups in total. The average molecular weight is 564 g/mol. The van der Waals surface area contributed by atoms with E-state index in [4.69, 9.17) is 23.2 Å². The number of aromatic nitrogens is 1. The van der Waals surface area contributed by atoms with Crippen LogP contribution in [0.5, 0.6) is 0 Å². The van der Waals surface area contributed by atoms with Gasteiger partial charge in [0.25, 0.3) is 5.91 Å². The van der Waals surface area contributed by atoms with Gasteiger partial charge in [-0.25, -0.2) is 9.07 Å². The third-order valence-corrected chi connectivity index (χ3v) is 5.91. The maximum absolute atomic E-state index is 13.4. The highest BCUT2D eigenvalue weighted by atomic mass is 79.9. The van der Waals surface area contributed by atoms with E-state index in [0.717, 1.165) is 10.5 Å². The van der Waals surface area contributed by atoms with Crippen LogP contribution in [-0.4, -0.2) is 22.4 Å². The largest absolute Gasteiger partial charge is 0.328 e. The van der Waals surface area contributed by atoms with Crippen LogP contribution in [0.3, 0.4) is 0 Å². The smallest absolute Gasteiger partial charge is 0.321 e. The topological polar surface area (TPSA) is 92.2 Å². The molecule has 1 heterocycles. The lowest BCUT2D eigenvalue weighted by Crippen LogP contribution is -2.36. The molecule has 0 unspecified atom stereocenters. The van der Waals surface area contributed by atoms with Crippen LogP contribution in [0.25, 0.3) is 10.9 Å². The summed E-state index contributed by atoms with van der Waals surface area (Å²) < 4.78 is 15.3. The fourth-order valence-electron chi connectivity index (χ4n) is 3.15. The number of carbonyl (C=O) groups is 3. The van der Waals surface area contributed by atoms with Crippen LogP contribution in [0, 0.1) is 5.82 Å². The molecule has 4 rings (SSSR count). The number of rotatable bonds is 4. The van der Waals surface area contributed by atoms with E-state index in [0.29, 0.717) is 21.6 Å². The molecule has 1 aromatic heterocycles. The normalized spacial score (nSPS) is 10.7. The van der Waals surface area contributed by atoms with Crippen molar-refractivity contribution in [2.45, 2.75) is 0 Å². The van der Waals surface area contributed by atoms with Gasteiger partial charge in [-0.05, 0) is 60.7 Å². The van der Waals surface area contributed by atoms with E-state index in [1.807, 2.05) is 0 Å². The van der Waals surface area contributed by atoms with Crippen molar-refractivity contribution in [1.82, 2.24) is 4.68 Å². The van der Waals surface area contributed by atoms with Crippen molar-refractivity contribution in [2.75, 3.05) is 16.1 Å². The highest BCUT2D eigenvalue weighted by Crippen LogP contribution is 2.27. The Bertz CT molecular complexity index is 1460. The van der Waals surface area contributed by atoms with Crippen molar-refractivity contribution in [3.8, 4) is 0 Å². The van der Waals surface area contributed by atoms with Gasteiger partial charge in [0.15, 0.2) is 0 Å². The van der Waals surface area contributed by atoms with Gasteiger partial charge in [-0.2, -0.15) is 0 Å². The molecule has 0 aliphatic carbocycles. The van der Waals surface area contributed by atoms with Crippen LogP contribution in [0.15, 0.2) is 71.2 Å². The zero-order valence-electron chi connectivity index (χ0n) is 17.0. The molecule has 0 saturated carbocycles. The molecule has 172 valence electrons. The van der Waals surface area contributed by atoms with Gasteiger partial charge in [-0.3, -0.25) is 19.8 Å². The SMILES string of the molecule is O=C(Nc1cccc(F)c1)C(=O)Nn1c(C(=O)Nc2ccc(Cl)c(Cl)c2)cc2cc(Br)ccc21. The van der Waals surface area contributed by atoms with Crippen LogP contribution in [-0.2, 0) is 9.59 Å². The molecule has 11 heteroatoms. The van der Waals surface area contributed by atoms with E-state index in [2.05, 4.69) is 32.0 Å². The van der Waals surface area contributed by atoms with Crippen molar-refractivity contribution in [1.29, 1.82) is 0 Å². The molecule has 7 nitrogen and oxygen atoms in total. The number of hydrogen-bond donors (Lipinski definition) is 3. The van der Waals surface area contributed by atoms with Gasteiger partial charge in [-0.15, -0.1) is 0 Å². The molecule has 0 radical (unpaired) electrons. The van der Waals surface area contributed by atoms with Crippen molar-refractivity contribution in [2.24, 2.45) is 0 Å². The molecule has 0 atom stereocenters. The lowest BCUT2D eigenvalue weighted by atomic mass is 10.2. The summed E-state index contributed by atoms with van der Waals surface area (Å²) >= 11 is 15.3. The first-order valence-electron chi connectivity index (χ1n) is 9.66. The van der Waals surface area contributed by atoms with Crippen LogP contribution >= 0.6 is 39.1 Å². The Labute approximate surface area is 210 Å². The fraction of sp³-hybridized carbons (Fsp3) is 0. The maximum atomic E-state index is 13.4. The van der Waals surface area contributed by atoms with Crippen LogP contribution in [0.1, 0.15) is 10.5 Å². The monoisotopic (exact) mass is 562 g/mol. The quantitative estimate of drug-likeness (QED) is 0.274. The summed E-state index contributed by atoms with van der Waals surface area (Å²) in [5.74, 6) is -3.24. The minimum atomic E-state index is -1.06. The predicted molar refractivity (Wildman–Crippen MR) is 133 cm³/mol. The number of fused-ring (bicyclic) bond motifs is 1. The summed E-state index contributed by atoms with van der Waals surface area (Å²) in [6.07, 6.45) is 0. The van der Waals surface area contributed by atoms with Crippen molar-refractivity contribution >= 4 is 79.1 Å². The summed E-state index contributed by atoms with van der Waals surface area (Å²) in [4.78, 5) is 38.1. The Balaban J connectivity index is 1.63. The first kappa shape index (κ1) is 23.7. The van der Waals surface area contributed by atoms with E-state index in [9.17, 15) is 18.8 Å². The lowest BCUT2D eigenvalue weighted by Gasteiger charge is -2.13. The summed E-state index contributed by atoms with van der Waals surface area (Å²) in [5, 5.41) is 6.20. The standard InChI is InChI=1S/C23H14BrCl2FN4O3/c24-13-4-7-19-12(8-13)9-20(21(32)28-16-5-6-17(25)18(26)11-16)31(19)30-23(34)22(33)29-15-3-1-2-14(27)10-15/h1-11H,(H,28,32)(H,29,33)(H,30,34). The summed E-state index contributed by atoms with van der Waals surface area (Å²) in [6.45, 7) is 0. The lowest BCUT2D eigenvalue weighted by molar-refractivity contribution is -0.133. The van der Waals surface area contributed by atoms with Gasteiger partial charge in [0.05, 0.1) is 15.6 Å². The molecular formula is C23H14BrCl2FN4O3. The van der Waals surface area contributed by atoms with E-state index >= 15 is 0 Å². The number of anilines is 2. The number of nitrogens with one attached hydrogen (secondary N) is 3. The van der Waals surface area contributed by atoms with Gasteiger partial charge < -0.3 is 10.6 Å². The highest BCUT2D eigenvalue weighted by Gasteiger charge is 2.21. The Morgan fingerprint density at radius 2 is 1.59 bits per heavy atom. The van der Waals surface area contributed by atoms with E-state index in [-0.39, 0.29) is 16.4 Å². The first-order valence-corrected chi connectivity index (χ1v) is 11.2. The second-order valence-electron chi connectivity index (χ2n) is 7.06. The van der Waals surface area contributed by atoms with E-state index < -0.39 is 23.5 Å². The average Bonchev–Trinajstić information content (AvgIpc) is 3.13. The van der Waals surface area contributed by atoms with Crippen LogP contribution in [0.2, 0.25) is 10.0 Å². The minimum absolute atomic E-state index is 0.0473. The predicted octanol–water partition coefficient (Wildman–Crippen LogP) is 5.81. The Hall–Kier alpha value is -3.40. The highest BCUT2D eigenvalue weighted by molar-refractivity contribution is 9.10. The molecule has 0 aliphatic rings. The number of carbonyl (C=O) groups excluding carboxylic acids is 3. The second kappa shape index (κ2) is 9.84. The molecule has 4 aromatic rings. The Morgan fingerprint density at radius 1 is 0.824 bits per heavy atom. The number of benzene rings is 3. The molecular weight excluding hydrogens is 550 g/mol. The Morgan fingerprint density at radius 3 is 2.32 bits per heavy atom. The van der Waals surface area contributed by atoms with Crippen LogP contribution < -0.4 is 16.1 Å². The minimum Gasteiger partial charge on any atom is -0.321 e. The third-order valence-electron chi connectivity index (χ3n) is 4.68. The summed E-state index contributed by atoms with van der Waals surface area (Å²) in [5.41, 5.74) is 3.43. The molecule has 34 heavy (non-hydrogen) atoms.